The summed E-state index contributed by atoms with van der Waals surface area (Å²) >= 11 is 11.9. The van der Waals surface area contributed by atoms with E-state index in [9.17, 15) is 17.2 Å². The Hall–Kier alpha value is -1.21. The number of benzene rings is 2. The average molecular weight is 366 g/mol. The van der Waals surface area contributed by atoms with E-state index in [2.05, 4.69) is 4.72 Å². The van der Waals surface area contributed by atoms with E-state index < -0.39 is 26.6 Å². The highest BCUT2D eigenvalue weighted by molar-refractivity contribution is 7.89. The molecule has 22 heavy (non-hydrogen) atoms. The van der Waals surface area contributed by atoms with Gasteiger partial charge >= 0.3 is 0 Å². The lowest BCUT2D eigenvalue weighted by Gasteiger charge is -2.10. The predicted molar refractivity (Wildman–Crippen MR) is 81.7 cm³/mol. The first kappa shape index (κ1) is 17.1. The molecule has 0 atom stereocenters. The lowest BCUT2D eigenvalue weighted by Crippen LogP contribution is -2.27. The third-order valence-electron chi connectivity index (χ3n) is 2.92. The summed E-state index contributed by atoms with van der Waals surface area (Å²) in [6.45, 7) is -0.0977. The van der Waals surface area contributed by atoms with Crippen LogP contribution < -0.4 is 4.72 Å². The molecule has 2 rings (SSSR count). The highest BCUT2D eigenvalue weighted by Gasteiger charge is 2.23. The van der Waals surface area contributed by atoms with E-state index in [0.717, 1.165) is 18.2 Å². The second-order valence-corrected chi connectivity index (χ2v) is 6.92. The minimum absolute atomic E-state index is 0.0977. The first-order valence-electron chi connectivity index (χ1n) is 6.19. The van der Waals surface area contributed by atoms with Crippen LogP contribution in [0.3, 0.4) is 0 Å². The molecular formula is C14H11Cl2F2NO2S. The summed E-state index contributed by atoms with van der Waals surface area (Å²) < 4.78 is 53.1. The molecule has 2 aromatic carbocycles. The second-order valence-electron chi connectivity index (χ2n) is 4.40. The third kappa shape index (κ3) is 3.76. The van der Waals surface area contributed by atoms with E-state index in [4.69, 9.17) is 23.2 Å². The van der Waals surface area contributed by atoms with Crippen LogP contribution in [0.5, 0.6) is 0 Å². The van der Waals surface area contributed by atoms with Gasteiger partial charge in [-0.15, -0.1) is 0 Å². The molecule has 118 valence electrons. The molecule has 0 aromatic heterocycles. The molecule has 0 aliphatic heterocycles. The zero-order valence-electron chi connectivity index (χ0n) is 11.1. The molecule has 1 N–H and O–H groups in total. The van der Waals surface area contributed by atoms with Crippen molar-refractivity contribution in [1.29, 1.82) is 0 Å². The number of hydrogen-bond donors (Lipinski definition) is 1. The third-order valence-corrected chi connectivity index (χ3v) is 5.14. The standard InChI is InChI=1S/C14H11Cl2F2NO2S/c15-10-3-1-4-11(16)9(10)7-8-19-22(20,21)14-12(17)5-2-6-13(14)18/h1-6,19H,7-8H2. The summed E-state index contributed by atoms with van der Waals surface area (Å²) in [5.74, 6) is -2.30. The van der Waals surface area contributed by atoms with Crippen LogP contribution in [0.15, 0.2) is 41.3 Å². The predicted octanol–water partition coefficient (Wildman–Crippen LogP) is 3.79. The molecule has 8 heteroatoms. The molecule has 0 aliphatic rings. The minimum atomic E-state index is -4.30. The maximum Gasteiger partial charge on any atom is 0.246 e. The summed E-state index contributed by atoms with van der Waals surface area (Å²) in [7, 11) is -4.30. The highest BCUT2D eigenvalue weighted by Crippen LogP contribution is 2.24. The van der Waals surface area contributed by atoms with E-state index in [1.54, 1.807) is 18.2 Å². The van der Waals surface area contributed by atoms with Crippen LogP contribution in [-0.2, 0) is 16.4 Å². The van der Waals surface area contributed by atoms with E-state index in [-0.39, 0.29) is 13.0 Å². The van der Waals surface area contributed by atoms with E-state index in [1.807, 2.05) is 0 Å². The van der Waals surface area contributed by atoms with Crippen LogP contribution in [0, 0.1) is 11.6 Å². The van der Waals surface area contributed by atoms with Gasteiger partial charge in [0.2, 0.25) is 10.0 Å². The van der Waals surface area contributed by atoms with Crippen molar-refractivity contribution in [2.75, 3.05) is 6.54 Å². The molecule has 0 saturated carbocycles. The Morgan fingerprint density at radius 3 is 2.00 bits per heavy atom. The van der Waals surface area contributed by atoms with Crippen LogP contribution in [0.2, 0.25) is 10.0 Å². The van der Waals surface area contributed by atoms with Crippen LogP contribution in [0.1, 0.15) is 5.56 Å². The Morgan fingerprint density at radius 1 is 0.955 bits per heavy atom. The molecule has 2 aromatic rings. The van der Waals surface area contributed by atoms with Gasteiger partial charge in [0, 0.05) is 16.6 Å². The van der Waals surface area contributed by atoms with Gasteiger partial charge in [-0.2, -0.15) is 0 Å². The molecule has 0 radical (unpaired) electrons. The monoisotopic (exact) mass is 365 g/mol. The van der Waals surface area contributed by atoms with Gasteiger partial charge < -0.3 is 0 Å². The number of rotatable bonds is 5. The lowest BCUT2D eigenvalue weighted by atomic mass is 10.1. The van der Waals surface area contributed by atoms with Crippen molar-refractivity contribution in [2.24, 2.45) is 0 Å². The SMILES string of the molecule is O=S(=O)(NCCc1c(Cl)cccc1Cl)c1c(F)cccc1F. The fraction of sp³-hybridized carbons (Fsp3) is 0.143. The Labute approximate surface area is 136 Å². The normalized spacial score (nSPS) is 11.6. The maximum absolute atomic E-state index is 13.5. The summed E-state index contributed by atoms with van der Waals surface area (Å²) in [6.07, 6.45) is 0.188. The first-order chi connectivity index (χ1) is 10.3. The topological polar surface area (TPSA) is 46.2 Å². The molecule has 0 aliphatic carbocycles. The summed E-state index contributed by atoms with van der Waals surface area (Å²) in [4.78, 5) is -1.000. The van der Waals surface area contributed by atoms with Gasteiger partial charge in [-0.05, 0) is 36.2 Å². The van der Waals surface area contributed by atoms with E-state index >= 15 is 0 Å². The fourth-order valence-corrected chi connectivity index (χ4v) is 3.64. The number of halogens is 4. The van der Waals surface area contributed by atoms with Crippen molar-refractivity contribution in [3.05, 3.63) is 63.6 Å². The van der Waals surface area contributed by atoms with Crippen LogP contribution >= 0.6 is 23.2 Å². The number of nitrogens with one attached hydrogen (secondary N) is 1. The van der Waals surface area contributed by atoms with Crippen LogP contribution in [0.25, 0.3) is 0 Å². The Bertz CT molecular complexity index is 757. The van der Waals surface area contributed by atoms with Gasteiger partial charge in [-0.3, -0.25) is 0 Å². The quantitative estimate of drug-likeness (QED) is 0.875. The van der Waals surface area contributed by atoms with Gasteiger partial charge in [-0.1, -0.05) is 35.3 Å². The molecule has 0 bridgehead atoms. The molecule has 0 heterocycles. The fourth-order valence-electron chi connectivity index (χ4n) is 1.89. The molecule has 0 spiro atoms. The average Bonchev–Trinajstić information content (AvgIpc) is 2.41. The molecule has 0 fully saturated rings. The zero-order valence-corrected chi connectivity index (χ0v) is 13.4. The van der Waals surface area contributed by atoms with Crippen LogP contribution in [-0.4, -0.2) is 15.0 Å². The van der Waals surface area contributed by atoms with Crippen molar-refractivity contribution in [3.63, 3.8) is 0 Å². The number of hydrogen-bond acceptors (Lipinski definition) is 2. The smallest absolute Gasteiger partial charge is 0.211 e. The summed E-state index contributed by atoms with van der Waals surface area (Å²) in [5, 5.41) is 0.785. The van der Waals surface area contributed by atoms with Crippen LogP contribution in [0.4, 0.5) is 8.78 Å². The first-order valence-corrected chi connectivity index (χ1v) is 8.43. The van der Waals surface area contributed by atoms with Crippen molar-refractivity contribution in [1.82, 2.24) is 4.72 Å². The van der Waals surface area contributed by atoms with Gasteiger partial charge in [0.1, 0.15) is 11.6 Å². The summed E-state index contributed by atoms with van der Waals surface area (Å²) in [5.41, 5.74) is 0.558. The molecule has 3 nitrogen and oxygen atoms in total. The van der Waals surface area contributed by atoms with Gasteiger partial charge in [-0.25, -0.2) is 21.9 Å². The van der Waals surface area contributed by atoms with Gasteiger partial charge in [0.15, 0.2) is 4.90 Å². The summed E-state index contributed by atoms with van der Waals surface area (Å²) in [6, 6.07) is 7.74. The molecule has 0 amide bonds. The molecular weight excluding hydrogens is 355 g/mol. The van der Waals surface area contributed by atoms with Crippen molar-refractivity contribution in [3.8, 4) is 0 Å². The van der Waals surface area contributed by atoms with E-state index in [1.165, 1.54) is 0 Å². The number of sulfonamides is 1. The molecule has 0 saturated heterocycles. The minimum Gasteiger partial charge on any atom is -0.211 e. The van der Waals surface area contributed by atoms with Gasteiger partial charge in [0.05, 0.1) is 0 Å². The second kappa shape index (κ2) is 6.91. The molecule has 0 unspecified atom stereocenters. The largest absolute Gasteiger partial charge is 0.246 e. The maximum atomic E-state index is 13.5. The highest BCUT2D eigenvalue weighted by atomic mass is 35.5. The Balaban J connectivity index is 2.14. The van der Waals surface area contributed by atoms with Crippen molar-refractivity contribution < 1.29 is 17.2 Å². The Kier molecular flexibility index (Phi) is 5.39. The van der Waals surface area contributed by atoms with Crippen molar-refractivity contribution >= 4 is 33.2 Å². The zero-order chi connectivity index (χ0) is 16.3. The Morgan fingerprint density at radius 2 is 1.45 bits per heavy atom. The van der Waals surface area contributed by atoms with Crippen molar-refractivity contribution in [2.45, 2.75) is 11.3 Å². The lowest BCUT2D eigenvalue weighted by molar-refractivity contribution is 0.514. The van der Waals surface area contributed by atoms with E-state index in [0.29, 0.717) is 15.6 Å². The van der Waals surface area contributed by atoms with Gasteiger partial charge in [0.25, 0.3) is 0 Å².